The van der Waals surface area contributed by atoms with Crippen molar-refractivity contribution in [1.29, 1.82) is 0 Å². The second-order valence-corrected chi connectivity index (χ2v) is 4.33. The largest absolute Gasteiger partial charge is 0.319 e. The van der Waals surface area contributed by atoms with Crippen LogP contribution >= 0.6 is 0 Å². The summed E-state index contributed by atoms with van der Waals surface area (Å²) >= 11 is 0. The van der Waals surface area contributed by atoms with Gasteiger partial charge in [-0.1, -0.05) is 42.5 Å². The number of benzene rings is 2. The SMILES string of the molecule is FC(F)c1nc2ccccc2n1Cc1ccccc1. The van der Waals surface area contributed by atoms with Crippen LogP contribution in [-0.4, -0.2) is 9.55 Å². The van der Waals surface area contributed by atoms with Crippen LogP contribution in [0, 0.1) is 0 Å². The van der Waals surface area contributed by atoms with Crippen LogP contribution in [0.5, 0.6) is 0 Å². The van der Waals surface area contributed by atoms with Crippen LogP contribution in [0.2, 0.25) is 0 Å². The minimum atomic E-state index is -2.57. The molecule has 0 atom stereocenters. The molecule has 0 unspecified atom stereocenters. The Balaban J connectivity index is 2.12. The summed E-state index contributed by atoms with van der Waals surface area (Å²) in [6.07, 6.45) is -2.57. The van der Waals surface area contributed by atoms with Crippen molar-refractivity contribution in [2.45, 2.75) is 13.0 Å². The monoisotopic (exact) mass is 258 g/mol. The molecule has 0 saturated carbocycles. The average Bonchev–Trinajstić information content (AvgIpc) is 2.79. The molecule has 3 aromatic rings. The second kappa shape index (κ2) is 4.80. The Morgan fingerprint density at radius 3 is 2.37 bits per heavy atom. The molecule has 0 aliphatic rings. The molecule has 96 valence electrons. The smallest absolute Gasteiger partial charge is 0.295 e. The van der Waals surface area contributed by atoms with Crippen LogP contribution in [0.15, 0.2) is 54.6 Å². The highest BCUT2D eigenvalue weighted by Crippen LogP contribution is 2.24. The predicted octanol–water partition coefficient (Wildman–Crippen LogP) is 4.02. The van der Waals surface area contributed by atoms with E-state index in [4.69, 9.17) is 0 Å². The number of hydrogen-bond acceptors (Lipinski definition) is 1. The lowest BCUT2D eigenvalue weighted by Crippen LogP contribution is -2.05. The predicted molar refractivity (Wildman–Crippen MR) is 70.2 cm³/mol. The number of aromatic nitrogens is 2. The molecule has 1 heterocycles. The fraction of sp³-hybridized carbons (Fsp3) is 0.133. The number of fused-ring (bicyclic) bond motifs is 1. The lowest BCUT2D eigenvalue weighted by atomic mass is 10.2. The maximum atomic E-state index is 13.1. The van der Waals surface area contributed by atoms with Gasteiger partial charge in [0.15, 0.2) is 5.82 Å². The van der Waals surface area contributed by atoms with Crippen molar-refractivity contribution in [1.82, 2.24) is 9.55 Å². The van der Waals surface area contributed by atoms with E-state index >= 15 is 0 Å². The van der Waals surface area contributed by atoms with Crippen molar-refractivity contribution in [3.63, 3.8) is 0 Å². The number of halogens is 2. The molecular weight excluding hydrogens is 246 g/mol. The van der Waals surface area contributed by atoms with Crippen molar-refractivity contribution in [2.24, 2.45) is 0 Å². The van der Waals surface area contributed by atoms with E-state index in [2.05, 4.69) is 4.98 Å². The lowest BCUT2D eigenvalue weighted by molar-refractivity contribution is 0.136. The zero-order chi connectivity index (χ0) is 13.2. The molecule has 0 aliphatic carbocycles. The Hall–Kier alpha value is -2.23. The highest BCUT2D eigenvalue weighted by atomic mass is 19.3. The van der Waals surface area contributed by atoms with Crippen LogP contribution in [0.1, 0.15) is 17.8 Å². The summed E-state index contributed by atoms with van der Waals surface area (Å²) in [6, 6.07) is 16.8. The third kappa shape index (κ3) is 2.21. The topological polar surface area (TPSA) is 17.8 Å². The summed E-state index contributed by atoms with van der Waals surface area (Å²) in [7, 11) is 0. The van der Waals surface area contributed by atoms with Crippen LogP contribution in [0.25, 0.3) is 11.0 Å². The number of alkyl halides is 2. The van der Waals surface area contributed by atoms with Crippen molar-refractivity contribution >= 4 is 11.0 Å². The van der Waals surface area contributed by atoms with E-state index in [9.17, 15) is 8.78 Å². The van der Waals surface area contributed by atoms with E-state index in [0.29, 0.717) is 12.1 Å². The number of rotatable bonds is 3. The summed E-state index contributed by atoms with van der Waals surface area (Å²) in [5, 5.41) is 0. The van der Waals surface area contributed by atoms with Gasteiger partial charge in [0.2, 0.25) is 0 Å². The van der Waals surface area contributed by atoms with Gasteiger partial charge in [0.05, 0.1) is 11.0 Å². The van der Waals surface area contributed by atoms with Gasteiger partial charge in [0.1, 0.15) is 0 Å². The second-order valence-electron chi connectivity index (χ2n) is 4.33. The van der Waals surface area contributed by atoms with Crippen molar-refractivity contribution in [3.05, 3.63) is 66.0 Å². The minimum Gasteiger partial charge on any atom is -0.319 e. The molecule has 0 radical (unpaired) electrons. The molecule has 0 saturated heterocycles. The molecule has 0 fully saturated rings. The van der Waals surface area contributed by atoms with Gasteiger partial charge in [-0.2, -0.15) is 0 Å². The molecule has 2 aromatic carbocycles. The molecule has 0 aliphatic heterocycles. The van der Waals surface area contributed by atoms with Crippen LogP contribution in [0.4, 0.5) is 8.78 Å². The van der Waals surface area contributed by atoms with E-state index < -0.39 is 6.43 Å². The van der Waals surface area contributed by atoms with Gasteiger partial charge in [-0.05, 0) is 17.7 Å². The first kappa shape index (κ1) is 11.8. The van der Waals surface area contributed by atoms with Crippen LogP contribution < -0.4 is 0 Å². The third-order valence-electron chi connectivity index (χ3n) is 3.06. The quantitative estimate of drug-likeness (QED) is 0.693. The van der Waals surface area contributed by atoms with Crippen molar-refractivity contribution in [3.8, 4) is 0 Å². The van der Waals surface area contributed by atoms with E-state index in [0.717, 1.165) is 11.1 Å². The Labute approximate surface area is 109 Å². The first-order chi connectivity index (χ1) is 9.25. The summed E-state index contributed by atoms with van der Waals surface area (Å²) in [6.45, 7) is 0.404. The standard InChI is InChI=1S/C15H12F2N2/c16-14(17)15-18-12-8-4-5-9-13(12)19(15)10-11-6-2-1-3-7-11/h1-9,14H,10H2. The summed E-state index contributed by atoms with van der Waals surface area (Å²) in [5.74, 6) is -0.176. The Bertz CT molecular complexity index is 690. The van der Waals surface area contributed by atoms with Gasteiger partial charge in [-0.3, -0.25) is 0 Å². The molecule has 3 rings (SSSR count). The van der Waals surface area contributed by atoms with Gasteiger partial charge in [0, 0.05) is 6.54 Å². The molecule has 0 bridgehead atoms. The number of para-hydroxylation sites is 2. The zero-order valence-corrected chi connectivity index (χ0v) is 10.1. The Kier molecular flexibility index (Phi) is 2.99. The summed E-state index contributed by atoms with van der Waals surface area (Å²) < 4.78 is 27.7. The normalized spacial score (nSPS) is 11.3. The van der Waals surface area contributed by atoms with E-state index in [1.165, 1.54) is 0 Å². The van der Waals surface area contributed by atoms with Crippen molar-refractivity contribution in [2.75, 3.05) is 0 Å². The average molecular weight is 258 g/mol. The minimum absolute atomic E-state index is 0.176. The van der Waals surface area contributed by atoms with Crippen LogP contribution in [-0.2, 0) is 6.54 Å². The zero-order valence-electron chi connectivity index (χ0n) is 10.1. The maximum absolute atomic E-state index is 13.1. The Morgan fingerprint density at radius 2 is 1.63 bits per heavy atom. The fourth-order valence-corrected chi connectivity index (χ4v) is 2.19. The lowest BCUT2D eigenvalue weighted by Gasteiger charge is -2.08. The highest BCUT2D eigenvalue weighted by Gasteiger charge is 2.18. The molecular formula is C15H12F2N2. The highest BCUT2D eigenvalue weighted by molar-refractivity contribution is 5.76. The number of imidazole rings is 1. The van der Waals surface area contributed by atoms with Gasteiger partial charge < -0.3 is 4.57 Å². The summed E-state index contributed by atoms with van der Waals surface area (Å²) in [4.78, 5) is 4.02. The first-order valence-corrected chi connectivity index (χ1v) is 6.03. The van der Waals surface area contributed by atoms with Gasteiger partial charge in [-0.15, -0.1) is 0 Å². The molecule has 0 amide bonds. The van der Waals surface area contributed by atoms with E-state index in [-0.39, 0.29) is 5.82 Å². The van der Waals surface area contributed by atoms with Gasteiger partial charge in [-0.25, -0.2) is 13.8 Å². The fourth-order valence-electron chi connectivity index (χ4n) is 2.19. The number of nitrogens with zero attached hydrogens (tertiary/aromatic N) is 2. The number of hydrogen-bond donors (Lipinski definition) is 0. The summed E-state index contributed by atoms with van der Waals surface area (Å²) in [5.41, 5.74) is 2.32. The van der Waals surface area contributed by atoms with Crippen LogP contribution in [0.3, 0.4) is 0 Å². The van der Waals surface area contributed by atoms with Crippen molar-refractivity contribution < 1.29 is 8.78 Å². The molecule has 0 N–H and O–H groups in total. The van der Waals surface area contributed by atoms with Gasteiger partial charge in [0.25, 0.3) is 6.43 Å². The van der Waals surface area contributed by atoms with E-state index in [1.54, 1.807) is 16.7 Å². The molecule has 0 spiro atoms. The Morgan fingerprint density at radius 1 is 0.947 bits per heavy atom. The molecule has 1 aromatic heterocycles. The first-order valence-electron chi connectivity index (χ1n) is 6.03. The maximum Gasteiger partial charge on any atom is 0.295 e. The van der Waals surface area contributed by atoms with E-state index in [1.807, 2.05) is 42.5 Å². The molecule has 19 heavy (non-hydrogen) atoms. The third-order valence-corrected chi connectivity index (χ3v) is 3.06. The van der Waals surface area contributed by atoms with Gasteiger partial charge >= 0.3 is 0 Å². The molecule has 2 nitrogen and oxygen atoms in total. The molecule has 4 heteroatoms.